The van der Waals surface area contributed by atoms with Crippen LogP contribution in [0, 0.1) is 5.41 Å². The molecule has 0 amide bonds. The Balaban J connectivity index is 2.12. The minimum Gasteiger partial charge on any atom is -0.297 e. The van der Waals surface area contributed by atoms with Gasteiger partial charge in [0.2, 0.25) is 0 Å². The Kier molecular flexibility index (Phi) is 1.91. The first-order valence-electron chi connectivity index (χ1n) is 6.75. The van der Waals surface area contributed by atoms with Crippen LogP contribution in [-0.4, -0.2) is 5.78 Å². The standard InChI is InChI=1S/C17H16NO/c1-17(2)15-12-8-4-3-7-11(12)14(16(17)19)13-9-5-6-10-18(13)15/h3-10,14-15H,1-2H3/q+1/t14-,15-/m1/s1. The number of carbonyl (C=O) groups excluding carboxylic acids is 1. The van der Waals surface area contributed by atoms with E-state index in [1.165, 1.54) is 11.1 Å². The zero-order valence-electron chi connectivity index (χ0n) is 11.1. The number of hydrogen-bond acceptors (Lipinski definition) is 1. The van der Waals surface area contributed by atoms with Crippen LogP contribution in [0.15, 0.2) is 48.7 Å². The average molecular weight is 250 g/mol. The highest BCUT2D eigenvalue weighted by molar-refractivity contribution is 5.96. The van der Waals surface area contributed by atoms with Crippen molar-refractivity contribution in [3.05, 3.63) is 65.5 Å². The predicted octanol–water partition coefficient (Wildman–Crippen LogP) is 2.62. The molecule has 1 aliphatic carbocycles. The zero-order chi connectivity index (χ0) is 13.2. The van der Waals surface area contributed by atoms with E-state index in [1.54, 1.807) is 0 Å². The maximum atomic E-state index is 12.8. The van der Waals surface area contributed by atoms with Crippen LogP contribution >= 0.6 is 0 Å². The molecule has 94 valence electrons. The third-order valence-electron chi connectivity index (χ3n) is 4.68. The third kappa shape index (κ3) is 1.17. The van der Waals surface area contributed by atoms with E-state index in [0.29, 0.717) is 5.78 Å². The molecule has 2 atom stereocenters. The zero-order valence-corrected chi connectivity index (χ0v) is 11.1. The highest BCUT2D eigenvalue weighted by Gasteiger charge is 2.59. The Bertz CT molecular complexity index is 654. The highest BCUT2D eigenvalue weighted by Crippen LogP contribution is 2.51. The van der Waals surface area contributed by atoms with Crippen LogP contribution in [0.5, 0.6) is 0 Å². The lowest BCUT2D eigenvalue weighted by Crippen LogP contribution is -2.62. The maximum absolute atomic E-state index is 12.8. The van der Waals surface area contributed by atoms with Gasteiger partial charge >= 0.3 is 0 Å². The summed E-state index contributed by atoms with van der Waals surface area (Å²) in [6, 6.07) is 14.7. The molecule has 0 saturated carbocycles. The number of carbonyl (C=O) groups is 1. The number of hydrogen-bond donors (Lipinski definition) is 0. The number of nitrogens with zero attached hydrogens (tertiary/aromatic N) is 1. The smallest absolute Gasteiger partial charge is 0.196 e. The third-order valence-corrected chi connectivity index (χ3v) is 4.68. The summed E-state index contributed by atoms with van der Waals surface area (Å²) in [4.78, 5) is 12.8. The van der Waals surface area contributed by atoms with Gasteiger partial charge in [-0.3, -0.25) is 4.79 Å². The van der Waals surface area contributed by atoms with Gasteiger partial charge < -0.3 is 0 Å². The van der Waals surface area contributed by atoms with Crippen molar-refractivity contribution in [2.75, 3.05) is 0 Å². The van der Waals surface area contributed by atoms with Gasteiger partial charge in [-0.2, -0.15) is 4.57 Å². The predicted molar refractivity (Wildman–Crippen MR) is 71.8 cm³/mol. The highest BCUT2D eigenvalue weighted by atomic mass is 16.1. The summed E-state index contributed by atoms with van der Waals surface area (Å²) in [5.41, 5.74) is 3.30. The molecule has 3 heterocycles. The number of benzene rings is 1. The molecule has 0 N–H and O–H groups in total. The first-order valence-corrected chi connectivity index (χ1v) is 6.75. The number of fused-ring (bicyclic) bond motifs is 1. The van der Waals surface area contributed by atoms with Crippen molar-refractivity contribution in [3.63, 3.8) is 0 Å². The first kappa shape index (κ1) is 10.9. The van der Waals surface area contributed by atoms with Gasteiger partial charge in [-0.25, -0.2) is 0 Å². The molecule has 1 aromatic carbocycles. The molecule has 19 heavy (non-hydrogen) atoms. The molecule has 5 rings (SSSR count). The van der Waals surface area contributed by atoms with Gasteiger partial charge in [0, 0.05) is 17.7 Å². The van der Waals surface area contributed by atoms with Crippen LogP contribution in [0.3, 0.4) is 0 Å². The van der Waals surface area contributed by atoms with Crippen molar-refractivity contribution in [3.8, 4) is 0 Å². The Morgan fingerprint density at radius 2 is 1.68 bits per heavy atom. The molecule has 0 fully saturated rings. The van der Waals surface area contributed by atoms with Crippen molar-refractivity contribution in [1.29, 1.82) is 0 Å². The Hall–Kier alpha value is -1.96. The number of aromatic nitrogens is 1. The average Bonchev–Trinajstić information content (AvgIpc) is 2.42. The summed E-state index contributed by atoms with van der Waals surface area (Å²) >= 11 is 0. The Labute approximate surface area is 112 Å². The van der Waals surface area contributed by atoms with Gasteiger partial charge in [-0.15, -0.1) is 0 Å². The fraction of sp³-hybridized carbons (Fsp3) is 0.294. The summed E-state index contributed by atoms with van der Waals surface area (Å²) in [6.45, 7) is 4.15. The van der Waals surface area contributed by atoms with Crippen LogP contribution < -0.4 is 4.57 Å². The van der Waals surface area contributed by atoms with Gasteiger partial charge in [0.25, 0.3) is 0 Å². The van der Waals surface area contributed by atoms with Crippen LogP contribution in [0.1, 0.15) is 42.6 Å². The maximum Gasteiger partial charge on any atom is 0.196 e. The van der Waals surface area contributed by atoms with Gasteiger partial charge in [0.1, 0.15) is 5.92 Å². The van der Waals surface area contributed by atoms with Crippen LogP contribution in [-0.2, 0) is 4.79 Å². The van der Waals surface area contributed by atoms with Crippen molar-refractivity contribution < 1.29 is 9.36 Å². The van der Waals surface area contributed by atoms with E-state index in [2.05, 4.69) is 48.9 Å². The molecule has 2 bridgehead atoms. The molecule has 2 heteroatoms. The number of ketones is 1. The van der Waals surface area contributed by atoms with E-state index in [1.807, 2.05) is 18.2 Å². The molecule has 0 spiro atoms. The molecule has 3 aliphatic rings. The fourth-order valence-electron chi connectivity index (χ4n) is 3.80. The van der Waals surface area contributed by atoms with Gasteiger partial charge in [0.05, 0.1) is 5.41 Å². The minimum atomic E-state index is -0.335. The van der Waals surface area contributed by atoms with Gasteiger partial charge in [0.15, 0.2) is 23.7 Å². The molecule has 1 aromatic heterocycles. The van der Waals surface area contributed by atoms with E-state index < -0.39 is 0 Å². The molecule has 2 aliphatic heterocycles. The van der Waals surface area contributed by atoms with E-state index in [-0.39, 0.29) is 17.4 Å². The van der Waals surface area contributed by atoms with E-state index in [9.17, 15) is 4.79 Å². The second-order valence-corrected chi connectivity index (χ2v) is 6.08. The van der Waals surface area contributed by atoms with E-state index in [0.717, 1.165) is 5.69 Å². The summed E-state index contributed by atoms with van der Waals surface area (Å²) in [5.74, 6) is 0.250. The first-order chi connectivity index (χ1) is 9.12. The van der Waals surface area contributed by atoms with Crippen LogP contribution in [0.25, 0.3) is 0 Å². The number of rotatable bonds is 0. The molecule has 2 nitrogen and oxygen atoms in total. The van der Waals surface area contributed by atoms with E-state index >= 15 is 0 Å². The Morgan fingerprint density at radius 3 is 2.47 bits per heavy atom. The number of Topliss-reactive ketones (excluding diaryl/α,β-unsaturated/α-hetero) is 1. The SMILES string of the molecule is CC1(C)C(=O)[C@@H]2c3ccccc3[C@H]1[n+]1ccccc12. The second kappa shape index (κ2) is 3.32. The van der Waals surface area contributed by atoms with E-state index in [4.69, 9.17) is 0 Å². The lowest BCUT2D eigenvalue weighted by molar-refractivity contribution is -0.737. The molecule has 0 unspecified atom stereocenters. The van der Waals surface area contributed by atoms with Crippen LogP contribution in [0.4, 0.5) is 0 Å². The molecule has 0 saturated heterocycles. The number of pyridine rings is 1. The van der Waals surface area contributed by atoms with Crippen molar-refractivity contribution >= 4 is 5.78 Å². The Morgan fingerprint density at radius 1 is 1.00 bits per heavy atom. The molecule has 0 radical (unpaired) electrons. The lowest BCUT2D eigenvalue weighted by Gasteiger charge is -2.43. The van der Waals surface area contributed by atoms with Crippen molar-refractivity contribution in [2.24, 2.45) is 5.41 Å². The van der Waals surface area contributed by atoms with Crippen molar-refractivity contribution in [2.45, 2.75) is 25.8 Å². The summed E-state index contributed by atoms with van der Waals surface area (Å²) < 4.78 is 2.29. The quantitative estimate of drug-likeness (QED) is 0.658. The second-order valence-electron chi connectivity index (χ2n) is 6.08. The minimum absolute atomic E-state index is 0.0996. The van der Waals surface area contributed by atoms with Crippen LogP contribution in [0.2, 0.25) is 0 Å². The fourth-order valence-corrected chi connectivity index (χ4v) is 3.80. The lowest BCUT2D eigenvalue weighted by atomic mass is 9.61. The van der Waals surface area contributed by atoms with Gasteiger partial charge in [-0.05, 0) is 19.4 Å². The molecule has 2 aromatic rings. The summed E-state index contributed by atoms with van der Waals surface area (Å²) in [6.07, 6.45) is 2.11. The molecular formula is C17H16NO+. The normalized spacial score (nSPS) is 25.9. The summed E-state index contributed by atoms with van der Waals surface area (Å²) in [7, 11) is 0. The molecular weight excluding hydrogens is 234 g/mol. The monoisotopic (exact) mass is 250 g/mol. The van der Waals surface area contributed by atoms with Gasteiger partial charge in [-0.1, -0.05) is 30.3 Å². The largest absolute Gasteiger partial charge is 0.297 e. The summed E-state index contributed by atoms with van der Waals surface area (Å²) in [5, 5.41) is 0. The topological polar surface area (TPSA) is 20.9 Å². The van der Waals surface area contributed by atoms with Crippen molar-refractivity contribution in [1.82, 2.24) is 0 Å².